The third-order valence-electron chi connectivity index (χ3n) is 3.38. The molecule has 0 saturated carbocycles. The Hall–Kier alpha value is -1.34. The molecule has 1 atom stereocenters. The van der Waals surface area contributed by atoms with E-state index in [0.29, 0.717) is 13.2 Å². The Morgan fingerprint density at radius 3 is 2.40 bits per heavy atom. The van der Waals surface area contributed by atoms with Gasteiger partial charge < -0.3 is 14.0 Å². The summed E-state index contributed by atoms with van der Waals surface area (Å²) < 4.78 is 27.3. The number of hydrogen-bond acceptors (Lipinski definition) is 5. The van der Waals surface area contributed by atoms with Crippen molar-refractivity contribution in [1.29, 1.82) is 0 Å². The first kappa shape index (κ1) is 20.0. The Balaban J connectivity index is 2.19. The lowest BCUT2D eigenvalue weighted by atomic mass is 10.1. The molecule has 0 saturated heterocycles. The van der Waals surface area contributed by atoms with Crippen molar-refractivity contribution >= 4 is 28.4 Å². The largest absolute Gasteiger partial charge is 0.591 e. The van der Waals surface area contributed by atoms with E-state index < -0.39 is 16.1 Å². The van der Waals surface area contributed by atoms with Crippen LogP contribution in [0.1, 0.15) is 38.3 Å². The van der Waals surface area contributed by atoms with Gasteiger partial charge in [0.25, 0.3) is 0 Å². The molecule has 0 N–H and O–H groups in total. The van der Waals surface area contributed by atoms with Crippen LogP contribution in [0.4, 0.5) is 0 Å². The van der Waals surface area contributed by atoms with E-state index >= 15 is 0 Å². The lowest BCUT2D eigenvalue weighted by molar-refractivity contribution is 0.172. The zero-order valence-electron chi connectivity index (χ0n) is 15.2. The number of hydrogen-bond donors (Lipinski definition) is 0. The maximum Gasteiger partial charge on any atom is 0.144 e. The molecule has 2 rings (SSSR count). The molecule has 1 aromatic heterocycles. The highest BCUT2D eigenvalue weighted by Gasteiger charge is 2.28. The first-order valence-corrected chi connectivity index (χ1v) is 10.2. The van der Waals surface area contributed by atoms with E-state index in [2.05, 4.69) is 4.40 Å². The second-order valence-corrected chi connectivity index (χ2v) is 9.22. The smallest absolute Gasteiger partial charge is 0.144 e. The van der Waals surface area contributed by atoms with Crippen molar-refractivity contribution in [3.05, 3.63) is 52.2 Å². The topological polar surface area (TPSA) is 53.9 Å². The maximum absolute atomic E-state index is 12.5. The first-order chi connectivity index (χ1) is 11.9. The van der Waals surface area contributed by atoms with Crippen LogP contribution < -0.4 is 4.74 Å². The van der Waals surface area contributed by atoms with E-state index in [1.54, 1.807) is 18.4 Å². The van der Waals surface area contributed by atoms with Crippen LogP contribution in [0, 0.1) is 0 Å². The van der Waals surface area contributed by atoms with E-state index in [-0.39, 0.29) is 0 Å². The van der Waals surface area contributed by atoms with Crippen LogP contribution in [0.2, 0.25) is 0 Å². The highest BCUT2D eigenvalue weighted by Crippen LogP contribution is 2.23. The Kier molecular flexibility index (Phi) is 7.50. The van der Waals surface area contributed by atoms with Crippen LogP contribution in [0.15, 0.2) is 45.5 Å². The minimum atomic E-state index is -1.32. The molecule has 6 heteroatoms. The molecule has 4 nitrogen and oxygen atoms in total. The van der Waals surface area contributed by atoms with Gasteiger partial charge in [-0.05, 0) is 56.5 Å². The second-order valence-electron chi connectivity index (χ2n) is 6.53. The fourth-order valence-corrected chi connectivity index (χ4v) is 3.28. The summed E-state index contributed by atoms with van der Waals surface area (Å²) in [4.78, 5) is 0. The third-order valence-corrected chi connectivity index (χ3v) is 5.46. The zero-order chi connectivity index (χ0) is 18.3. The van der Waals surface area contributed by atoms with Crippen molar-refractivity contribution in [1.82, 2.24) is 0 Å². The molecule has 25 heavy (non-hydrogen) atoms. The maximum atomic E-state index is 12.5. The number of rotatable bonds is 8. The molecular formula is C19H25NO3S2. The van der Waals surface area contributed by atoms with Crippen LogP contribution in [-0.4, -0.2) is 35.3 Å². The van der Waals surface area contributed by atoms with Crippen LogP contribution in [0.3, 0.4) is 0 Å². The highest BCUT2D eigenvalue weighted by atomic mass is 32.2. The Labute approximate surface area is 157 Å². The summed E-state index contributed by atoms with van der Waals surface area (Å²) in [5, 5.41) is 4.02. The van der Waals surface area contributed by atoms with Crippen LogP contribution >= 0.6 is 11.3 Å². The molecule has 0 radical (unpaired) electrons. The van der Waals surface area contributed by atoms with Gasteiger partial charge in [-0.25, -0.2) is 0 Å². The summed E-state index contributed by atoms with van der Waals surface area (Å²) >= 11 is 0.282. The van der Waals surface area contributed by atoms with Gasteiger partial charge in [0.15, 0.2) is 0 Å². The average molecular weight is 380 g/mol. The number of nitrogens with zero attached hydrogens (tertiary/aromatic N) is 1. The Morgan fingerprint density at radius 2 is 1.84 bits per heavy atom. The second kappa shape index (κ2) is 9.38. The van der Waals surface area contributed by atoms with Crippen molar-refractivity contribution in [3.63, 3.8) is 0 Å². The van der Waals surface area contributed by atoms with Gasteiger partial charge in [-0.15, -0.1) is 0 Å². The van der Waals surface area contributed by atoms with Gasteiger partial charge in [0.2, 0.25) is 0 Å². The molecule has 1 heterocycles. The summed E-state index contributed by atoms with van der Waals surface area (Å²) in [7, 11) is 1.68. The highest BCUT2D eigenvalue weighted by molar-refractivity contribution is 7.91. The number of benzene rings is 1. The summed E-state index contributed by atoms with van der Waals surface area (Å²) in [5.74, 6) is 0.807. The molecule has 0 aliphatic rings. The molecular weight excluding hydrogens is 354 g/mol. The van der Waals surface area contributed by atoms with E-state index in [9.17, 15) is 4.55 Å². The molecule has 0 fully saturated rings. The van der Waals surface area contributed by atoms with Crippen molar-refractivity contribution in [3.8, 4) is 5.75 Å². The van der Waals surface area contributed by atoms with Gasteiger partial charge in [0, 0.05) is 36.6 Å². The Bertz CT molecular complexity index is 661. The molecule has 0 amide bonds. The molecule has 1 aromatic carbocycles. The summed E-state index contributed by atoms with van der Waals surface area (Å²) in [6, 6.07) is 9.76. The SMILES string of the molecule is COCCCOc1ccc(C(=N[S+]([O-])C(C)(C)C)c2ccsc2)cc1. The van der Waals surface area contributed by atoms with E-state index in [1.807, 2.05) is 61.9 Å². The van der Waals surface area contributed by atoms with Crippen LogP contribution in [-0.2, 0) is 16.1 Å². The molecule has 136 valence electrons. The van der Waals surface area contributed by atoms with Crippen LogP contribution in [0.5, 0.6) is 5.75 Å². The van der Waals surface area contributed by atoms with Crippen molar-refractivity contribution < 1.29 is 14.0 Å². The summed E-state index contributed by atoms with van der Waals surface area (Å²) in [5.41, 5.74) is 2.66. The third kappa shape index (κ3) is 6.15. The molecule has 0 aliphatic heterocycles. The van der Waals surface area contributed by atoms with E-state index in [4.69, 9.17) is 9.47 Å². The minimum absolute atomic E-state index is 0.397. The predicted molar refractivity (Wildman–Crippen MR) is 106 cm³/mol. The zero-order valence-corrected chi connectivity index (χ0v) is 16.8. The normalized spacial score (nSPS) is 13.7. The first-order valence-electron chi connectivity index (χ1n) is 8.17. The summed E-state index contributed by atoms with van der Waals surface area (Å²) in [6.45, 7) is 7.08. The van der Waals surface area contributed by atoms with Crippen molar-refractivity contribution in [2.45, 2.75) is 31.9 Å². The Morgan fingerprint density at radius 1 is 1.12 bits per heavy atom. The fraction of sp³-hybridized carbons (Fsp3) is 0.421. The molecule has 2 aromatic rings. The lowest BCUT2D eigenvalue weighted by Crippen LogP contribution is -2.27. The van der Waals surface area contributed by atoms with Gasteiger partial charge in [-0.1, -0.05) is 4.40 Å². The number of ether oxygens (including phenoxy) is 2. The number of thiophene rings is 1. The molecule has 0 spiro atoms. The molecule has 0 bridgehead atoms. The fourth-order valence-electron chi connectivity index (χ4n) is 1.99. The van der Waals surface area contributed by atoms with Gasteiger partial charge >= 0.3 is 0 Å². The predicted octanol–water partition coefficient (Wildman–Crippen LogP) is 4.46. The van der Waals surface area contributed by atoms with Crippen molar-refractivity contribution in [2.75, 3.05) is 20.3 Å². The van der Waals surface area contributed by atoms with E-state index in [1.165, 1.54) is 0 Å². The van der Waals surface area contributed by atoms with Crippen LogP contribution in [0.25, 0.3) is 0 Å². The molecule has 1 unspecified atom stereocenters. The lowest BCUT2D eigenvalue weighted by Gasteiger charge is -2.19. The molecule has 0 aliphatic carbocycles. The minimum Gasteiger partial charge on any atom is -0.591 e. The monoisotopic (exact) mass is 379 g/mol. The van der Waals surface area contributed by atoms with Crippen molar-refractivity contribution in [2.24, 2.45) is 4.40 Å². The average Bonchev–Trinajstić information content (AvgIpc) is 3.10. The quantitative estimate of drug-likeness (QED) is 0.386. The van der Waals surface area contributed by atoms with E-state index in [0.717, 1.165) is 29.0 Å². The van der Waals surface area contributed by atoms with Gasteiger partial charge in [-0.2, -0.15) is 11.3 Å². The van der Waals surface area contributed by atoms with Gasteiger partial charge in [-0.3, -0.25) is 0 Å². The summed E-state index contributed by atoms with van der Waals surface area (Å²) in [6.07, 6.45) is 0.852. The van der Waals surface area contributed by atoms with Gasteiger partial charge in [0.05, 0.1) is 6.61 Å². The number of methoxy groups -OCH3 is 1. The standard InChI is InChI=1S/C19H25NO3S2/c1-19(2,3)25(21)20-18(16-10-13-24-14-16)15-6-8-17(9-7-15)23-12-5-11-22-4/h6-10,13-14H,5,11-12H2,1-4H3. The van der Waals surface area contributed by atoms with Gasteiger partial charge in [0.1, 0.15) is 27.6 Å².